The van der Waals surface area contributed by atoms with Gasteiger partial charge in [-0.3, -0.25) is 9.69 Å². The van der Waals surface area contributed by atoms with Crippen molar-refractivity contribution in [1.82, 2.24) is 20.4 Å². The fourth-order valence-corrected chi connectivity index (χ4v) is 3.09. The van der Waals surface area contributed by atoms with E-state index in [1.165, 1.54) is 25.7 Å². The second kappa shape index (κ2) is 14.2. The zero-order valence-electron chi connectivity index (χ0n) is 16.8. The lowest BCUT2D eigenvalue weighted by atomic mass is 9.97. The zero-order chi connectivity index (χ0) is 18.6. The van der Waals surface area contributed by atoms with Crippen LogP contribution in [0.15, 0.2) is 16.6 Å². The fraction of sp³-hybridized carbons (Fsp3) is 0.789. The third-order valence-corrected chi connectivity index (χ3v) is 4.82. The van der Waals surface area contributed by atoms with Gasteiger partial charge in [0.05, 0.1) is 13.2 Å². The minimum absolute atomic E-state index is 0. The Morgan fingerprint density at radius 1 is 1.22 bits per heavy atom. The molecule has 1 saturated heterocycles. The number of rotatable bonds is 8. The van der Waals surface area contributed by atoms with E-state index in [1.807, 2.05) is 0 Å². The molecule has 0 bridgehead atoms. The van der Waals surface area contributed by atoms with E-state index in [4.69, 9.17) is 4.74 Å². The summed E-state index contributed by atoms with van der Waals surface area (Å²) in [5.74, 6) is 0.735. The number of carbonyl (C=O) groups excluding carboxylic acids is 1. The first-order chi connectivity index (χ1) is 12.6. The Hall–Kier alpha value is -0.870. The predicted octanol–water partition coefficient (Wildman–Crippen LogP) is 1.45. The number of hydrogen-bond acceptors (Lipinski definition) is 4. The molecule has 1 fully saturated rings. The highest BCUT2D eigenvalue weighted by atomic mass is 127. The second-order valence-electron chi connectivity index (χ2n) is 7.12. The summed E-state index contributed by atoms with van der Waals surface area (Å²) in [7, 11) is 3.51. The van der Waals surface area contributed by atoms with E-state index < -0.39 is 0 Å². The van der Waals surface area contributed by atoms with Crippen LogP contribution in [0.4, 0.5) is 0 Å². The molecule has 2 N–H and O–H groups in total. The number of ether oxygens (including phenoxy) is 1. The zero-order valence-corrected chi connectivity index (χ0v) is 19.2. The molecule has 1 amide bonds. The Labute approximate surface area is 181 Å². The smallest absolute Gasteiger partial charge is 0.243 e. The summed E-state index contributed by atoms with van der Waals surface area (Å²) in [5, 5.41) is 6.75. The van der Waals surface area contributed by atoms with E-state index >= 15 is 0 Å². The van der Waals surface area contributed by atoms with Crippen LogP contribution >= 0.6 is 24.0 Å². The number of likely N-dealkylation sites (N-methyl/N-ethyl adjacent to an activating group) is 1. The normalized spacial score (nSPS) is 18.3. The number of morpholine rings is 1. The van der Waals surface area contributed by atoms with Crippen molar-refractivity contribution in [2.45, 2.75) is 32.1 Å². The Kier molecular flexibility index (Phi) is 12.7. The van der Waals surface area contributed by atoms with Crippen molar-refractivity contribution < 1.29 is 9.53 Å². The highest BCUT2D eigenvalue weighted by Crippen LogP contribution is 2.19. The maximum atomic E-state index is 11.8. The van der Waals surface area contributed by atoms with Crippen molar-refractivity contribution in [2.24, 2.45) is 4.99 Å². The lowest BCUT2D eigenvalue weighted by Gasteiger charge is -2.26. The molecule has 0 atom stereocenters. The number of nitrogens with zero attached hydrogens (tertiary/aromatic N) is 3. The van der Waals surface area contributed by atoms with Crippen molar-refractivity contribution in [3.8, 4) is 0 Å². The van der Waals surface area contributed by atoms with Crippen LogP contribution in [0.5, 0.6) is 0 Å². The predicted molar refractivity (Wildman–Crippen MR) is 121 cm³/mol. The van der Waals surface area contributed by atoms with Crippen LogP contribution in [0.2, 0.25) is 0 Å². The van der Waals surface area contributed by atoms with E-state index in [9.17, 15) is 4.79 Å². The average Bonchev–Trinajstić information content (AvgIpc) is 2.67. The molecule has 27 heavy (non-hydrogen) atoms. The number of aliphatic imine (C=N–C) groups is 1. The van der Waals surface area contributed by atoms with Gasteiger partial charge in [-0.05, 0) is 32.1 Å². The van der Waals surface area contributed by atoms with Crippen LogP contribution < -0.4 is 10.6 Å². The molecule has 0 saturated carbocycles. The van der Waals surface area contributed by atoms with Gasteiger partial charge in [0.2, 0.25) is 5.91 Å². The average molecular weight is 493 g/mol. The SMILES string of the molecule is CN(C)C(=O)CN=C(NCCC1=CCCCC1)NCCN1CCOCC1.I. The number of allylic oxidation sites excluding steroid dienone is 1. The molecular formula is C19H36IN5O2. The Bertz CT molecular complexity index is 490. The van der Waals surface area contributed by atoms with Gasteiger partial charge in [0.1, 0.15) is 6.54 Å². The number of halogens is 1. The Morgan fingerprint density at radius 3 is 2.63 bits per heavy atom. The lowest BCUT2D eigenvalue weighted by Crippen LogP contribution is -2.45. The molecule has 0 unspecified atom stereocenters. The van der Waals surface area contributed by atoms with Crippen LogP contribution in [0.25, 0.3) is 0 Å². The quantitative estimate of drug-likeness (QED) is 0.232. The number of amides is 1. The van der Waals surface area contributed by atoms with Crippen LogP contribution in [0.1, 0.15) is 32.1 Å². The van der Waals surface area contributed by atoms with Gasteiger partial charge in [-0.25, -0.2) is 4.99 Å². The molecular weight excluding hydrogens is 457 g/mol. The molecule has 2 aliphatic rings. The molecule has 7 nitrogen and oxygen atoms in total. The van der Waals surface area contributed by atoms with Gasteiger partial charge in [0.15, 0.2) is 5.96 Å². The maximum absolute atomic E-state index is 11.8. The second-order valence-corrected chi connectivity index (χ2v) is 7.12. The standard InChI is InChI=1S/C19H35N5O2.HI/c1-23(2)18(25)16-22-19(20-9-8-17-6-4-3-5-7-17)21-10-11-24-12-14-26-15-13-24;/h6H,3-5,7-16H2,1-2H3,(H2,20,21,22);1H. The molecule has 156 valence electrons. The molecule has 0 radical (unpaired) electrons. The van der Waals surface area contributed by atoms with Crippen LogP contribution in [0, 0.1) is 0 Å². The van der Waals surface area contributed by atoms with Crippen molar-refractivity contribution in [3.63, 3.8) is 0 Å². The third kappa shape index (κ3) is 10.3. The molecule has 1 heterocycles. The van der Waals surface area contributed by atoms with E-state index in [0.717, 1.165) is 58.3 Å². The third-order valence-electron chi connectivity index (χ3n) is 4.82. The first-order valence-electron chi connectivity index (χ1n) is 9.85. The van der Waals surface area contributed by atoms with Crippen molar-refractivity contribution in [3.05, 3.63) is 11.6 Å². The van der Waals surface area contributed by atoms with Crippen molar-refractivity contribution in [2.75, 3.05) is 66.6 Å². The monoisotopic (exact) mass is 493 g/mol. The molecule has 8 heteroatoms. The summed E-state index contributed by atoms with van der Waals surface area (Å²) in [6.07, 6.45) is 8.49. The number of nitrogens with one attached hydrogen (secondary N) is 2. The van der Waals surface area contributed by atoms with Gasteiger partial charge in [0, 0.05) is 46.8 Å². The molecule has 1 aliphatic carbocycles. The molecule has 0 aromatic rings. The number of carbonyl (C=O) groups is 1. The number of hydrogen-bond donors (Lipinski definition) is 2. The highest BCUT2D eigenvalue weighted by Gasteiger charge is 2.10. The maximum Gasteiger partial charge on any atom is 0.243 e. The van der Waals surface area contributed by atoms with Gasteiger partial charge in [-0.15, -0.1) is 24.0 Å². The van der Waals surface area contributed by atoms with Gasteiger partial charge in [0.25, 0.3) is 0 Å². The largest absolute Gasteiger partial charge is 0.379 e. The van der Waals surface area contributed by atoms with Gasteiger partial charge < -0.3 is 20.3 Å². The van der Waals surface area contributed by atoms with E-state index in [0.29, 0.717) is 0 Å². The summed E-state index contributed by atoms with van der Waals surface area (Å²) in [6.45, 7) is 6.37. The van der Waals surface area contributed by atoms with E-state index in [1.54, 1.807) is 24.6 Å². The molecule has 1 aliphatic heterocycles. The molecule has 0 spiro atoms. The van der Waals surface area contributed by atoms with E-state index in [2.05, 4.69) is 26.6 Å². The van der Waals surface area contributed by atoms with E-state index in [-0.39, 0.29) is 36.4 Å². The first-order valence-corrected chi connectivity index (χ1v) is 9.85. The van der Waals surface area contributed by atoms with Gasteiger partial charge in [-0.2, -0.15) is 0 Å². The Morgan fingerprint density at radius 2 is 1.96 bits per heavy atom. The minimum atomic E-state index is 0. The van der Waals surface area contributed by atoms with Crippen molar-refractivity contribution in [1.29, 1.82) is 0 Å². The molecule has 2 rings (SSSR count). The summed E-state index contributed by atoms with van der Waals surface area (Å²) >= 11 is 0. The van der Waals surface area contributed by atoms with Crippen LogP contribution in [-0.2, 0) is 9.53 Å². The molecule has 0 aromatic heterocycles. The summed E-state index contributed by atoms with van der Waals surface area (Å²) < 4.78 is 5.38. The molecule has 0 aromatic carbocycles. The fourth-order valence-electron chi connectivity index (χ4n) is 3.09. The summed E-state index contributed by atoms with van der Waals surface area (Å²) in [5.41, 5.74) is 1.54. The summed E-state index contributed by atoms with van der Waals surface area (Å²) in [6, 6.07) is 0. The Balaban J connectivity index is 0.00000364. The topological polar surface area (TPSA) is 69.2 Å². The summed E-state index contributed by atoms with van der Waals surface area (Å²) in [4.78, 5) is 20.2. The number of guanidine groups is 1. The first kappa shape index (κ1) is 24.2. The van der Waals surface area contributed by atoms with Crippen LogP contribution in [-0.4, -0.2) is 88.2 Å². The van der Waals surface area contributed by atoms with Crippen molar-refractivity contribution >= 4 is 35.8 Å². The van der Waals surface area contributed by atoms with Gasteiger partial charge in [-0.1, -0.05) is 11.6 Å². The minimum Gasteiger partial charge on any atom is -0.379 e. The van der Waals surface area contributed by atoms with Crippen LogP contribution in [0.3, 0.4) is 0 Å². The highest BCUT2D eigenvalue weighted by molar-refractivity contribution is 14.0. The van der Waals surface area contributed by atoms with Gasteiger partial charge >= 0.3 is 0 Å². The lowest BCUT2D eigenvalue weighted by molar-refractivity contribution is -0.127.